The highest BCUT2D eigenvalue weighted by molar-refractivity contribution is 7.21. The second-order valence-corrected chi connectivity index (χ2v) is 7.93. The summed E-state index contributed by atoms with van der Waals surface area (Å²) in [5.74, 6) is 0.408. The average Bonchev–Trinajstić information content (AvgIpc) is 3.50. The summed E-state index contributed by atoms with van der Waals surface area (Å²) in [6, 6.07) is 15.5. The molecular formula is C21H12N6OS. The van der Waals surface area contributed by atoms with E-state index in [0.717, 1.165) is 27.1 Å². The Morgan fingerprint density at radius 2 is 2.00 bits per heavy atom. The third kappa shape index (κ3) is 2.35. The van der Waals surface area contributed by atoms with Crippen molar-refractivity contribution in [1.82, 2.24) is 20.5 Å². The first-order valence-corrected chi connectivity index (χ1v) is 9.83. The number of benzene rings is 2. The minimum absolute atomic E-state index is 0.269. The number of rotatable bonds is 2. The van der Waals surface area contributed by atoms with E-state index in [4.69, 9.17) is 16.2 Å². The summed E-state index contributed by atoms with van der Waals surface area (Å²) in [7, 11) is 0. The molecule has 2 atom stereocenters. The summed E-state index contributed by atoms with van der Waals surface area (Å²) < 4.78 is 6.13. The second kappa shape index (κ2) is 6.09. The summed E-state index contributed by atoms with van der Waals surface area (Å²) in [4.78, 5) is 9.80. The third-order valence-electron chi connectivity index (χ3n) is 5.28. The standard InChI is InChI=1S/C21H12N6OS/c1-22-20-17(12-6-4-7-14-18(12)27-28-26-14)13-10-23-25-21(13)24-19(20)16-9-11-5-2-3-8-15(11)29-16/h2-10,17,20H,(H,23,25). The molecule has 29 heavy (non-hydrogen) atoms. The number of aliphatic imine (C=N–C) groups is 1. The molecular weight excluding hydrogens is 384 g/mol. The molecule has 1 aliphatic heterocycles. The van der Waals surface area contributed by atoms with Gasteiger partial charge >= 0.3 is 0 Å². The predicted octanol–water partition coefficient (Wildman–Crippen LogP) is 4.71. The van der Waals surface area contributed by atoms with Crippen molar-refractivity contribution in [2.24, 2.45) is 4.99 Å². The largest absolute Gasteiger partial charge is 0.306 e. The number of H-pyrrole nitrogens is 1. The van der Waals surface area contributed by atoms with Crippen LogP contribution >= 0.6 is 11.3 Å². The van der Waals surface area contributed by atoms with Crippen LogP contribution in [0.1, 0.15) is 21.9 Å². The highest BCUT2D eigenvalue weighted by Gasteiger charge is 2.42. The van der Waals surface area contributed by atoms with Gasteiger partial charge in [-0.15, -0.1) is 11.3 Å². The minimum atomic E-state index is -0.504. The Labute approximate surface area is 168 Å². The number of nitrogens with one attached hydrogen (secondary N) is 1. The Hall–Kier alpha value is -3.83. The number of thiophene rings is 1. The molecule has 4 heterocycles. The number of aromatic nitrogens is 4. The van der Waals surface area contributed by atoms with Gasteiger partial charge in [0.1, 0.15) is 16.7 Å². The normalized spacial score (nSPS) is 18.5. The first-order chi connectivity index (χ1) is 14.3. The average molecular weight is 396 g/mol. The van der Waals surface area contributed by atoms with E-state index in [9.17, 15) is 0 Å². The van der Waals surface area contributed by atoms with Crippen LogP contribution in [0, 0.1) is 6.57 Å². The Bertz CT molecular complexity index is 1420. The molecule has 0 radical (unpaired) electrons. The molecule has 7 nitrogen and oxygen atoms in total. The zero-order valence-corrected chi connectivity index (χ0v) is 15.7. The molecule has 0 amide bonds. The molecule has 6 rings (SSSR count). The molecule has 0 bridgehead atoms. The van der Waals surface area contributed by atoms with Gasteiger partial charge in [0, 0.05) is 10.3 Å². The van der Waals surface area contributed by atoms with Crippen molar-refractivity contribution in [3.63, 3.8) is 0 Å². The van der Waals surface area contributed by atoms with E-state index in [0.29, 0.717) is 16.9 Å². The van der Waals surface area contributed by atoms with Crippen molar-refractivity contribution in [2.45, 2.75) is 12.0 Å². The van der Waals surface area contributed by atoms with Gasteiger partial charge in [-0.2, -0.15) is 5.10 Å². The van der Waals surface area contributed by atoms with E-state index in [1.54, 1.807) is 17.5 Å². The highest BCUT2D eigenvalue weighted by Crippen LogP contribution is 2.43. The predicted molar refractivity (Wildman–Crippen MR) is 111 cm³/mol. The molecule has 2 unspecified atom stereocenters. The van der Waals surface area contributed by atoms with E-state index in [1.807, 2.05) is 30.3 Å². The lowest BCUT2D eigenvalue weighted by atomic mass is 9.81. The fourth-order valence-electron chi connectivity index (χ4n) is 3.98. The van der Waals surface area contributed by atoms with E-state index < -0.39 is 6.04 Å². The van der Waals surface area contributed by atoms with Gasteiger partial charge in [-0.3, -0.25) is 5.10 Å². The summed E-state index contributed by atoms with van der Waals surface area (Å²) >= 11 is 1.65. The maximum atomic E-state index is 8.02. The SMILES string of the molecule is [C-]#[N+]C1C(c2cc3ccccc3s2)=Nc2[nH]ncc2C1c1cccc2nonc12. The lowest BCUT2D eigenvalue weighted by Crippen LogP contribution is -2.29. The molecule has 0 spiro atoms. The van der Waals surface area contributed by atoms with Gasteiger partial charge in [0.15, 0.2) is 5.82 Å². The molecule has 0 saturated heterocycles. The second-order valence-electron chi connectivity index (χ2n) is 6.85. The zero-order chi connectivity index (χ0) is 19.4. The molecule has 5 aromatic rings. The fraction of sp³-hybridized carbons (Fsp3) is 0.0952. The number of hydrogen-bond acceptors (Lipinski definition) is 6. The van der Waals surface area contributed by atoms with Crippen LogP contribution < -0.4 is 0 Å². The van der Waals surface area contributed by atoms with Crippen LogP contribution in [-0.2, 0) is 0 Å². The monoisotopic (exact) mass is 396 g/mol. The molecule has 3 aromatic heterocycles. The summed E-state index contributed by atoms with van der Waals surface area (Å²) in [6.07, 6.45) is 1.75. The van der Waals surface area contributed by atoms with Crippen LogP contribution in [0.4, 0.5) is 5.82 Å². The molecule has 0 aliphatic carbocycles. The molecule has 138 valence electrons. The molecule has 2 aromatic carbocycles. The first kappa shape index (κ1) is 16.2. The van der Waals surface area contributed by atoms with E-state index in [2.05, 4.69) is 43.6 Å². The van der Waals surface area contributed by atoms with Gasteiger partial charge in [0.2, 0.25) is 0 Å². The van der Waals surface area contributed by atoms with Crippen molar-refractivity contribution in [1.29, 1.82) is 0 Å². The number of aromatic amines is 1. The van der Waals surface area contributed by atoms with E-state index in [-0.39, 0.29) is 5.92 Å². The summed E-state index contributed by atoms with van der Waals surface area (Å²) in [5.41, 5.74) is 3.85. The fourth-order valence-corrected chi connectivity index (χ4v) is 5.07. The topological polar surface area (TPSA) is 84.3 Å². The number of hydrogen-bond donors (Lipinski definition) is 1. The Morgan fingerprint density at radius 3 is 2.90 bits per heavy atom. The quantitative estimate of drug-likeness (QED) is 0.438. The van der Waals surface area contributed by atoms with E-state index >= 15 is 0 Å². The van der Waals surface area contributed by atoms with Gasteiger partial charge in [0.25, 0.3) is 6.04 Å². The lowest BCUT2D eigenvalue weighted by molar-refractivity contribution is 0.315. The third-order valence-corrected chi connectivity index (χ3v) is 6.42. The molecule has 1 N–H and O–H groups in total. The van der Waals surface area contributed by atoms with Crippen molar-refractivity contribution >= 4 is 44.0 Å². The lowest BCUT2D eigenvalue weighted by Gasteiger charge is -2.23. The van der Waals surface area contributed by atoms with Crippen LogP contribution in [0.3, 0.4) is 0 Å². The number of fused-ring (bicyclic) bond motifs is 3. The molecule has 0 fully saturated rings. The molecule has 8 heteroatoms. The summed E-state index contributed by atoms with van der Waals surface area (Å²) in [6.45, 7) is 8.02. The van der Waals surface area contributed by atoms with Gasteiger partial charge in [-0.25, -0.2) is 16.2 Å². The van der Waals surface area contributed by atoms with Gasteiger partial charge < -0.3 is 4.85 Å². The van der Waals surface area contributed by atoms with Crippen molar-refractivity contribution < 1.29 is 4.63 Å². The smallest absolute Gasteiger partial charge is 0.277 e. The van der Waals surface area contributed by atoms with Crippen LogP contribution in [0.2, 0.25) is 0 Å². The summed E-state index contributed by atoms with van der Waals surface area (Å²) in [5, 5.41) is 16.4. The first-order valence-electron chi connectivity index (χ1n) is 9.02. The van der Waals surface area contributed by atoms with Crippen molar-refractivity contribution in [3.8, 4) is 0 Å². The van der Waals surface area contributed by atoms with Gasteiger partial charge in [-0.1, -0.05) is 30.3 Å². The van der Waals surface area contributed by atoms with Gasteiger partial charge in [-0.05, 0) is 39.5 Å². The Balaban J connectivity index is 1.59. The van der Waals surface area contributed by atoms with E-state index in [1.165, 1.54) is 4.70 Å². The molecule has 0 saturated carbocycles. The Kier molecular flexibility index (Phi) is 3.39. The maximum Gasteiger partial charge on any atom is 0.277 e. The maximum absolute atomic E-state index is 8.02. The molecule has 1 aliphatic rings. The van der Waals surface area contributed by atoms with Crippen LogP contribution in [0.15, 0.2) is 64.3 Å². The van der Waals surface area contributed by atoms with Crippen LogP contribution in [0.5, 0.6) is 0 Å². The minimum Gasteiger partial charge on any atom is -0.306 e. The van der Waals surface area contributed by atoms with Crippen LogP contribution in [-0.4, -0.2) is 32.3 Å². The number of nitrogens with zero attached hydrogens (tertiary/aromatic N) is 5. The Morgan fingerprint density at radius 1 is 1.07 bits per heavy atom. The van der Waals surface area contributed by atoms with Gasteiger partial charge in [0.05, 0.1) is 17.0 Å². The van der Waals surface area contributed by atoms with Crippen molar-refractivity contribution in [3.05, 3.63) is 82.1 Å². The van der Waals surface area contributed by atoms with Crippen molar-refractivity contribution in [2.75, 3.05) is 0 Å². The highest BCUT2D eigenvalue weighted by atomic mass is 32.1. The zero-order valence-electron chi connectivity index (χ0n) is 14.9. The van der Waals surface area contributed by atoms with Crippen LogP contribution in [0.25, 0.3) is 26.0 Å².